The van der Waals surface area contributed by atoms with Crippen LogP contribution in [0.5, 0.6) is 0 Å². The van der Waals surface area contributed by atoms with Crippen molar-refractivity contribution in [3.63, 3.8) is 0 Å². The highest BCUT2D eigenvalue weighted by molar-refractivity contribution is 7.99. The first-order valence-corrected chi connectivity index (χ1v) is 8.88. The molecule has 0 bridgehead atoms. The average molecular weight is 299 g/mol. The van der Waals surface area contributed by atoms with Crippen LogP contribution in [0.4, 0.5) is 0 Å². The van der Waals surface area contributed by atoms with E-state index in [-0.39, 0.29) is 18.4 Å². The van der Waals surface area contributed by atoms with E-state index in [1.54, 1.807) is 0 Å². The Morgan fingerprint density at radius 2 is 1.70 bits per heavy atom. The number of amides is 1. The lowest BCUT2D eigenvalue weighted by molar-refractivity contribution is -0.153. The molecule has 1 heterocycles. The van der Waals surface area contributed by atoms with Gasteiger partial charge < -0.3 is 10.4 Å². The first-order chi connectivity index (χ1) is 9.62. The number of carboxylic acids is 1. The molecule has 1 amide bonds. The van der Waals surface area contributed by atoms with Crippen molar-refractivity contribution in [1.29, 1.82) is 0 Å². The van der Waals surface area contributed by atoms with Crippen molar-refractivity contribution in [3.8, 4) is 0 Å². The number of nitrogens with one attached hydrogen (secondary N) is 1. The first-order valence-electron chi connectivity index (χ1n) is 7.73. The van der Waals surface area contributed by atoms with Gasteiger partial charge in [-0.15, -0.1) is 0 Å². The molecule has 0 aromatic rings. The van der Waals surface area contributed by atoms with Crippen molar-refractivity contribution in [2.45, 2.75) is 63.8 Å². The van der Waals surface area contributed by atoms with Crippen molar-refractivity contribution in [2.75, 3.05) is 11.5 Å². The third kappa shape index (κ3) is 4.14. The highest BCUT2D eigenvalue weighted by Crippen LogP contribution is 2.38. The summed E-state index contributed by atoms with van der Waals surface area (Å²) in [5.41, 5.74) is -0.815. The van der Waals surface area contributed by atoms with Gasteiger partial charge >= 0.3 is 5.97 Å². The molecule has 2 rings (SSSR count). The fourth-order valence-corrected chi connectivity index (χ4v) is 4.41. The second kappa shape index (κ2) is 7.34. The van der Waals surface area contributed by atoms with Gasteiger partial charge in [-0.2, -0.15) is 11.8 Å². The summed E-state index contributed by atoms with van der Waals surface area (Å²) >= 11 is 1.92. The molecule has 2 aliphatic rings. The number of aliphatic carboxylic acids is 1. The van der Waals surface area contributed by atoms with Gasteiger partial charge in [0.2, 0.25) is 5.91 Å². The van der Waals surface area contributed by atoms with E-state index >= 15 is 0 Å². The van der Waals surface area contributed by atoms with E-state index in [2.05, 4.69) is 5.32 Å². The third-order valence-corrected chi connectivity index (χ3v) is 5.65. The van der Waals surface area contributed by atoms with E-state index in [0.29, 0.717) is 12.8 Å². The van der Waals surface area contributed by atoms with Gasteiger partial charge in [0.15, 0.2) is 0 Å². The van der Waals surface area contributed by atoms with E-state index in [1.807, 2.05) is 11.8 Å². The molecule has 1 saturated heterocycles. The molecule has 0 atom stereocenters. The summed E-state index contributed by atoms with van der Waals surface area (Å²) < 4.78 is 0. The smallest absolute Gasteiger partial charge is 0.310 e. The Balaban J connectivity index is 1.92. The molecule has 1 aliphatic carbocycles. The van der Waals surface area contributed by atoms with Crippen molar-refractivity contribution in [3.05, 3.63) is 0 Å². The number of carboxylic acid groups (broad SMARTS) is 1. The molecule has 1 aliphatic heterocycles. The number of hydrogen-bond acceptors (Lipinski definition) is 3. The first kappa shape index (κ1) is 15.7. The normalized spacial score (nSPS) is 23.8. The summed E-state index contributed by atoms with van der Waals surface area (Å²) in [6.07, 6.45) is 7.53. The van der Waals surface area contributed by atoms with Crippen LogP contribution in [0.1, 0.15) is 57.8 Å². The van der Waals surface area contributed by atoms with Crippen molar-refractivity contribution in [2.24, 2.45) is 5.41 Å². The van der Waals surface area contributed by atoms with Crippen LogP contribution < -0.4 is 5.32 Å². The average Bonchev–Trinajstić information content (AvgIpc) is 2.66. The van der Waals surface area contributed by atoms with Gasteiger partial charge in [-0.25, -0.2) is 0 Å². The number of hydrogen-bond donors (Lipinski definition) is 2. The molecule has 0 unspecified atom stereocenters. The molecule has 20 heavy (non-hydrogen) atoms. The SMILES string of the molecule is O=C(CC1(C(=O)O)CCCCCC1)NC1CCSCC1. The summed E-state index contributed by atoms with van der Waals surface area (Å²) in [4.78, 5) is 23.9. The molecule has 5 heteroatoms. The second-order valence-corrected chi connectivity index (χ2v) is 7.36. The van der Waals surface area contributed by atoms with Gasteiger partial charge in [0.1, 0.15) is 0 Å². The van der Waals surface area contributed by atoms with Crippen molar-refractivity contribution in [1.82, 2.24) is 5.32 Å². The maximum Gasteiger partial charge on any atom is 0.310 e. The van der Waals surface area contributed by atoms with Crippen LogP contribution in [0.25, 0.3) is 0 Å². The molecule has 0 spiro atoms. The number of rotatable bonds is 4. The molecule has 1 saturated carbocycles. The molecule has 4 nitrogen and oxygen atoms in total. The minimum absolute atomic E-state index is 0.0637. The predicted molar refractivity (Wildman–Crippen MR) is 80.9 cm³/mol. The van der Waals surface area contributed by atoms with Gasteiger partial charge in [0.05, 0.1) is 5.41 Å². The molecule has 2 fully saturated rings. The van der Waals surface area contributed by atoms with Crippen LogP contribution >= 0.6 is 11.8 Å². The summed E-state index contributed by atoms with van der Waals surface area (Å²) in [5, 5.41) is 12.6. The van der Waals surface area contributed by atoms with E-state index in [9.17, 15) is 14.7 Å². The van der Waals surface area contributed by atoms with E-state index in [4.69, 9.17) is 0 Å². The monoisotopic (exact) mass is 299 g/mol. The Morgan fingerprint density at radius 1 is 1.10 bits per heavy atom. The minimum atomic E-state index is -0.815. The maximum absolute atomic E-state index is 12.2. The Morgan fingerprint density at radius 3 is 2.25 bits per heavy atom. The quantitative estimate of drug-likeness (QED) is 0.783. The lowest BCUT2D eigenvalue weighted by Gasteiger charge is -2.29. The summed E-state index contributed by atoms with van der Waals surface area (Å²) in [6.45, 7) is 0. The Kier molecular flexibility index (Phi) is 5.75. The zero-order valence-electron chi connectivity index (χ0n) is 12.0. The topological polar surface area (TPSA) is 66.4 Å². The molecule has 0 aromatic carbocycles. The van der Waals surface area contributed by atoms with Gasteiger partial charge in [-0.3, -0.25) is 9.59 Å². The summed E-state index contributed by atoms with van der Waals surface area (Å²) in [6, 6.07) is 0.250. The Labute approximate surface area is 125 Å². The van der Waals surface area contributed by atoms with Crippen LogP contribution in [-0.4, -0.2) is 34.5 Å². The molecular weight excluding hydrogens is 274 g/mol. The summed E-state index contributed by atoms with van der Waals surface area (Å²) in [7, 11) is 0. The Bertz CT molecular complexity index is 345. The highest BCUT2D eigenvalue weighted by atomic mass is 32.2. The van der Waals surface area contributed by atoms with Crippen LogP contribution in [0, 0.1) is 5.41 Å². The van der Waals surface area contributed by atoms with Gasteiger partial charge in [-0.05, 0) is 37.2 Å². The van der Waals surface area contributed by atoms with E-state index < -0.39 is 11.4 Å². The molecular formula is C15H25NO3S. The van der Waals surface area contributed by atoms with E-state index in [1.165, 1.54) is 0 Å². The molecule has 114 valence electrons. The van der Waals surface area contributed by atoms with Crippen molar-refractivity contribution >= 4 is 23.6 Å². The fraction of sp³-hybridized carbons (Fsp3) is 0.867. The second-order valence-electron chi connectivity index (χ2n) is 6.13. The zero-order valence-corrected chi connectivity index (χ0v) is 12.8. The van der Waals surface area contributed by atoms with Crippen LogP contribution in [0.2, 0.25) is 0 Å². The zero-order chi connectivity index (χ0) is 14.4. The Hall–Kier alpha value is -0.710. The maximum atomic E-state index is 12.2. The van der Waals surface area contributed by atoms with Crippen LogP contribution in [-0.2, 0) is 9.59 Å². The third-order valence-electron chi connectivity index (χ3n) is 4.60. The lowest BCUT2D eigenvalue weighted by atomic mass is 9.77. The highest BCUT2D eigenvalue weighted by Gasteiger charge is 2.40. The standard InChI is InChI=1S/C15H25NO3S/c17-13(16-12-5-9-20-10-6-12)11-15(14(18)19)7-3-1-2-4-8-15/h12H,1-11H2,(H,16,17)(H,18,19). The molecule has 2 N–H and O–H groups in total. The summed E-state index contributed by atoms with van der Waals surface area (Å²) in [5.74, 6) is 1.34. The molecule has 0 aromatic heterocycles. The number of carbonyl (C=O) groups excluding carboxylic acids is 1. The van der Waals surface area contributed by atoms with Gasteiger partial charge in [-0.1, -0.05) is 25.7 Å². The molecule has 0 radical (unpaired) electrons. The number of thioether (sulfide) groups is 1. The van der Waals surface area contributed by atoms with Crippen LogP contribution in [0.15, 0.2) is 0 Å². The van der Waals surface area contributed by atoms with E-state index in [0.717, 1.165) is 50.0 Å². The van der Waals surface area contributed by atoms with Crippen LogP contribution in [0.3, 0.4) is 0 Å². The largest absolute Gasteiger partial charge is 0.481 e. The number of carbonyl (C=O) groups is 2. The van der Waals surface area contributed by atoms with Gasteiger partial charge in [0, 0.05) is 12.5 Å². The predicted octanol–water partition coefficient (Wildman–Crippen LogP) is 2.81. The lowest BCUT2D eigenvalue weighted by Crippen LogP contribution is -2.42. The van der Waals surface area contributed by atoms with Gasteiger partial charge in [0.25, 0.3) is 0 Å². The fourth-order valence-electron chi connectivity index (χ4n) is 3.30. The van der Waals surface area contributed by atoms with Crippen molar-refractivity contribution < 1.29 is 14.7 Å². The minimum Gasteiger partial charge on any atom is -0.481 e.